The zero-order valence-corrected chi connectivity index (χ0v) is 13.0. The maximum absolute atomic E-state index is 5.59. The van der Waals surface area contributed by atoms with E-state index in [9.17, 15) is 0 Å². The smallest absolute Gasteiger partial charge is 0.151 e. The third-order valence-electron chi connectivity index (χ3n) is 3.30. The van der Waals surface area contributed by atoms with Crippen LogP contribution in [0.3, 0.4) is 0 Å². The van der Waals surface area contributed by atoms with Crippen LogP contribution in [0, 0.1) is 0 Å². The summed E-state index contributed by atoms with van der Waals surface area (Å²) in [6.07, 6.45) is 3.60. The molecule has 5 heteroatoms. The quantitative estimate of drug-likeness (QED) is 0.811. The van der Waals surface area contributed by atoms with Crippen LogP contribution in [-0.4, -0.2) is 27.9 Å². The van der Waals surface area contributed by atoms with E-state index in [-0.39, 0.29) is 0 Å². The van der Waals surface area contributed by atoms with Crippen molar-refractivity contribution in [2.24, 2.45) is 7.05 Å². The number of ether oxygens (including phenoxy) is 1. The molecule has 1 unspecified atom stereocenters. The second-order valence-electron chi connectivity index (χ2n) is 5.18. The predicted molar refractivity (Wildman–Crippen MR) is 83.4 cm³/mol. The van der Waals surface area contributed by atoms with Crippen molar-refractivity contribution in [2.75, 3.05) is 13.2 Å². The van der Waals surface area contributed by atoms with Crippen molar-refractivity contribution in [3.05, 3.63) is 42.0 Å². The fourth-order valence-corrected chi connectivity index (χ4v) is 2.09. The number of benzene rings is 1. The molecule has 0 aliphatic carbocycles. The lowest BCUT2D eigenvalue weighted by atomic mass is 10.1. The highest BCUT2D eigenvalue weighted by Crippen LogP contribution is 2.17. The molecule has 2 rings (SSSR count). The summed E-state index contributed by atoms with van der Waals surface area (Å²) in [7, 11) is 1.88. The Morgan fingerprint density at radius 3 is 2.67 bits per heavy atom. The minimum atomic E-state index is 0.300. The first kappa shape index (κ1) is 15.5. The van der Waals surface area contributed by atoms with Crippen LogP contribution >= 0.6 is 0 Å². The van der Waals surface area contributed by atoms with Gasteiger partial charge >= 0.3 is 0 Å². The van der Waals surface area contributed by atoms with Crippen LogP contribution < -0.4 is 10.1 Å². The Hall–Kier alpha value is -1.88. The minimum absolute atomic E-state index is 0.300. The molecule has 0 spiro atoms. The lowest BCUT2D eigenvalue weighted by Crippen LogP contribution is -2.21. The Morgan fingerprint density at radius 1 is 1.29 bits per heavy atom. The van der Waals surface area contributed by atoms with Gasteiger partial charge < -0.3 is 10.1 Å². The van der Waals surface area contributed by atoms with Gasteiger partial charge in [-0.3, -0.25) is 4.68 Å². The zero-order chi connectivity index (χ0) is 15.1. The molecule has 0 saturated carbocycles. The lowest BCUT2D eigenvalue weighted by Gasteiger charge is -2.14. The Morgan fingerprint density at radius 2 is 2.05 bits per heavy atom. The second-order valence-corrected chi connectivity index (χ2v) is 5.18. The fourth-order valence-electron chi connectivity index (χ4n) is 2.09. The summed E-state index contributed by atoms with van der Waals surface area (Å²) < 4.78 is 7.32. The SMILES string of the molecule is CCCOc1ccc(C(C)NCCc2ncn(C)n2)cc1. The Kier molecular flexibility index (Phi) is 5.75. The van der Waals surface area contributed by atoms with Gasteiger partial charge in [0.05, 0.1) is 6.61 Å². The van der Waals surface area contributed by atoms with Crippen molar-refractivity contribution in [2.45, 2.75) is 32.7 Å². The highest BCUT2D eigenvalue weighted by Gasteiger charge is 2.06. The molecule has 0 aliphatic rings. The summed E-state index contributed by atoms with van der Waals surface area (Å²) in [4.78, 5) is 4.22. The fraction of sp³-hybridized carbons (Fsp3) is 0.500. The van der Waals surface area contributed by atoms with E-state index in [1.165, 1.54) is 5.56 Å². The van der Waals surface area contributed by atoms with Gasteiger partial charge in [-0.25, -0.2) is 4.98 Å². The molecular formula is C16H24N4O. The molecule has 1 aromatic carbocycles. The molecular weight excluding hydrogens is 264 g/mol. The molecule has 0 bridgehead atoms. The highest BCUT2D eigenvalue weighted by molar-refractivity contribution is 5.28. The summed E-state index contributed by atoms with van der Waals surface area (Å²) in [6.45, 7) is 5.90. The average Bonchev–Trinajstić information content (AvgIpc) is 2.91. The molecule has 0 saturated heterocycles. The average molecular weight is 288 g/mol. The van der Waals surface area contributed by atoms with Gasteiger partial charge in [0, 0.05) is 26.1 Å². The summed E-state index contributed by atoms with van der Waals surface area (Å²) in [6, 6.07) is 8.59. The standard InChI is InChI=1S/C16H24N4O/c1-4-11-21-15-7-5-14(6-8-15)13(2)17-10-9-16-18-12-20(3)19-16/h5-8,12-13,17H,4,9-11H2,1-3H3. The second kappa shape index (κ2) is 7.78. The van der Waals surface area contributed by atoms with Gasteiger partial charge in [-0.05, 0) is 31.0 Å². The largest absolute Gasteiger partial charge is 0.494 e. The van der Waals surface area contributed by atoms with Crippen molar-refractivity contribution in [3.8, 4) is 5.75 Å². The van der Waals surface area contributed by atoms with E-state index in [0.717, 1.165) is 37.6 Å². The van der Waals surface area contributed by atoms with Crippen molar-refractivity contribution in [1.82, 2.24) is 20.1 Å². The van der Waals surface area contributed by atoms with Crippen molar-refractivity contribution >= 4 is 0 Å². The number of hydrogen-bond donors (Lipinski definition) is 1. The molecule has 1 heterocycles. The van der Waals surface area contributed by atoms with Crippen LogP contribution in [0.4, 0.5) is 0 Å². The maximum Gasteiger partial charge on any atom is 0.151 e. The van der Waals surface area contributed by atoms with E-state index in [4.69, 9.17) is 4.74 Å². The number of nitrogens with zero attached hydrogens (tertiary/aromatic N) is 3. The first-order chi connectivity index (χ1) is 10.2. The van der Waals surface area contributed by atoms with Crippen molar-refractivity contribution in [1.29, 1.82) is 0 Å². The van der Waals surface area contributed by atoms with E-state index < -0.39 is 0 Å². The molecule has 2 aromatic rings. The first-order valence-electron chi connectivity index (χ1n) is 7.49. The number of rotatable bonds is 8. The van der Waals surface area contributed by atoms with Gasteiger partial charge in [0.25, 0.3) is 0 Å². The molecule has 0 aliphatic heterocycles. The molecule has 1 N–H and O–H groups in total. The topological polar surface area (TPSA) is 52.0 Å². The number of aryl methyl sites for hydroxylation is 1. The van der Waals surface area contributed by atoms with Crippen LogP contribution in [0.25, 0.3) is 0 Å². The van der Waals surface area contributed by atoms with E-state index in [1.54, 1.807) is 11.0 Å². The van der Waals surface area contributed by atoms with Gasteiger partial charge in [0.1, 0.15) is 12.1 Å². The van der Waals surface area contributed by atoms with Gasteiger partial charge in [-0.1, -0.05) is 19.1 Å². The van der Waals surface area contributed by atoms with Gasteiger partial charge in [0.2, 0.25) is 0 Å². The lowest BCUT2D eigenvalue weighted by molar-refractivity contribution is 0.317. The van der Waals surface area contributed by atoms with E-state index in [0.29, 0.717) is 6.04 Å². The zero-order valence-electron chi connectivity index (χ0n) is 13.0. The monoisotopic (exact) mass is 288 g/mol. The number of hydrogen-bond acceptors (Lipinski definition) is 4. The van der Waals surface area contributed by atoms with Crippen LogP contribution in [-0.2, 0) is 13.5 Å². The van der Waals surface area contributed by atoms with E-state index in [1.807, 2.05) is 19.2 Å². The first-order valence-corrected chi connectivity index (χ1v) is 7.49. The minimum Gasteiger partial charge on any atom is -0.494 e. The molecule has 0 radical (unpaired) electrons. The maximum atomic E-state index is 5.59. The summed E-state index contributed by atoms with van der Waals surface area (Å²) in [5, 5.41) is 7.76. The molecule has 114 valence electrons. The normalized spacial score (nSPS) is 12.3. The Labute approximate surface area is 126 Å². The van der Waals surface area contributed by atoms with E-state index in [2.05, 4.69) is 41.4 Å². The number of nitrogens with one attached hydrogen (secondary N) is 1. The molecule has 0 amide bonds. The van der Waals surface area contributed by atoms with Crippen molar-refractivity contribution in [3.63, 3.8) is 0 Å². The predicted octanol–water partition coefficient (Wildman–Crippen LogP) is 2.50. The van der Waals surface area contributed by atoms with E-state index >= 15 is 0 Å². The third kappa shape index (κ3) is 4.86. The molecule has 0 fully saturated rings. The summed E-state index contributed by atoms with van der Waals surface area (Å²) in [5.74, 6) is 1.81. The van der Waals surface area contributed by atoms with Crippen molar-refractivity contribution < 1.29 is 4.74 Å². The molecule has 21 heavy (non-hydrogen) atoms. The molecule has 1 atom stereocenters. The Bertz CT molecular complexity index is 535. The van der Waals surface area contributed by atoms with Crippen LogP contribution in [0.2, 0.25) is 0 Å². The van der Waals surface area contributed by atoms with Crippen LogP contribution in [0.15, 0.2) is 30.6 Å². The third-order valence-corrected chi connectivity index (χ3v) is 3.30. The number of aromatic nitrogens is 3. The van der Waals surface area contributed by atoms with Crippen LogP contribution in [0.5, 0.6) is 5.75 Å². The van der Waals surface area contributed by atoms with Crippen LogP contribution in [0.1, 0.15) is 37.7 Å². The molecule has 5 nitrogen and oxygen atoms in total. The highest BCUT2D eigenvalue weighted by atomic mass is 16.5. The van der Waals surface area contributed by atoms with Gasteiger partial charge in [0.15, 0.2) is 5.82 Å². The summed E-state index contributed by atoms with van der Waals surface area (Å²) >= 11 is 0. The molecule has 1 aromatic heterocycles. The van der Waals surface area contributed by atoms with Gasteiger partial charge in [-0.2, -0.15) is 5.10 Å². The van der Waals surface area contributed by atoms with Gasteiger partial charge in [-0.15, -0.1) is 0 Å². The Balaban J connectivity index is 1.78. The summed E-state index contributed by atoms with van der Waals surface area (Å²) in [5.41, 5.74) is 1.26.